The number of carboxylic acids is 2. The maximum atomic E-state index is 11.0. The quantitative estimate of drug-likeness (QED) is 0.508. The van der Waals surface area contributed by atoms with Crippen molar-refractivity contribution in [1.29, 1.82) is 0 Å². The van der Waals surface area contributed by atoms with E-state index < -0.39 is 33.7 Å². The van der Waals surface area contributed by atoms with E-state index in [1.807, 2.05) is 13.8 Å². The van der Waals surface area contributed by atoms with Crippen LogP contribution in [0.15, 0.2) is 0 Å². The Kier molecular flexibility index (Phi) is 10.3. The Bertz CT molecular complexity index is 296. The average Bonchev–Trinajstić information content (AvgIpc) is 2.35. The van der Waals surface area contributed by atoms with Crippen LogP contribution in [0.5, 0.6) is 0 Å². The summed E-state index contributed by atoms with van der Waals surface area (Å²) < 4.78 is 11.0. The molecule has 20 heavy (non-hydrogen) atoms. The fourth-order valence-corrected chi connectivity index (χ4v) is 3.54. The molecule has 0 rings (SSSR count). The van der Waals surface area contributed by atoms with Crippen molar-refractivity contribution in [2.45, 2.75) is 38.8 Å². The number of carboxylic acid groups (broad SMARTS) is 2. The minimum Gasteiger partial charge on any atom is -0.481 e. The number of hydrogen-bond donors (Lipinski definition) is 2. The molecular weight excluding hydrogens is 282 g/mol. The lowest BCUT2D eigenvalue weighted by atomic mass is 10.2. The standard InChI is InChI=1S/C12H25NO6Si/c1-4-18-20(19-5-2)8-6-7-13(3)10(12(16)17)9-11(14)15/h10,20H,4-9H2,1-3H3,(H,14,15)(H,16,17)/t10-/m0/s1. The van der Waals surface area contributed by atoms with E-state index in [-0.39, 0.29) is 0 Å². The summed E-state index contributed by atoms with van der Waals surface area (Å²) in [5.41, 5.74) is 0. The summed E-state index contributed by atoms with van der Waals surface area (Å²) in [4.78, 5) is 23.2. The van der Waals surface area contributed by atoms with Gasteiger partial charge in [-0.15, -0.1) is 0 Å². The normalized spacial score (nSPS) is 12.8. The van der Waals surface area contributed by atoms with Crippen LogP contribution in [-0.2, 0) is 18.4 Å². The predicted octanol–water partition coefficient (Wildman–Crippen LogP) is 0.530. The lowest BCUT2D eigenvalue weighted by molar-refractivity contribution is -0.149. The second-order valence-electron chi connectivity index (χ2n) is 4.41. The zero-order chi connectivity index (χ0) is 15.5. The molecule has 0 radical (unpaired) electrons. The van der Waals surface area contributed by atoms with Crippen LogP contribution in [0.25, 0.3) is 0 Å². The Morgan fingerprint density at radius 1 is 1.20 bits per heavy atom. The number of aliphatic carboxylic acids is 2. The highest BCUT2D eigenvalue weighted by Gasteiger charge is 2.25. The van der Waals surface area contributed by atoms with E-state index in [9.17, 15) is 9.59 Å². The van der Waals surface area contributed by atoms with Crippen LogP contribution in [-0.4, -0.2) is 69.2 Å². The third-order valence-electron chi connectivity index (χ3n) is 2.84. The molecule has 0 aliphatic heterocycles. The fraction of sp³-hybridized carbons (Fsp3) is 0.833. The van der Waals surface area contributed by atoms with Gasteiger partial charge in [0.2, 0.25) is 0 Å². The molecule has 0 aromatic rings. The second-order valence-corrected chi connectivity index (χ2v) is 6.52. The molecule has 8 heteroatoms. The molecule has 1 atom stereocenters. The summed E-state index contributed by atoms with van der Waals surface area (Å²) in [6, 6.07) is -0.211. The molecule has 0 saturated carbocycles. The minimum atomic E-state index is -1.67. The SMILES string of the molecule is CCO[SiH](CCCN(C)[C@@H](CC(=O)O)C(=O)O)OCC. The highest BCUT2D eigenvalue weighted by atomic mass is 28.3. The molecule has 0 spiro atoms. The molecular formula is C12H25NO6Si. The topological polar surface area (TPSA) is 96.3 Å². The van der Waals surface area contributed by atoms with Crippen molar-refractivity contribution in [3.8, 4) is 0 Å². The highest BCUT2D eigenvalue weighted by Crippen LogP contribution is 2.08. The average molecular weight is 307 g/mol. The third kappa shape index (κ3) is 8.26. The Labute approximate surface area is 121 Å². The molecule has 0 heterocycles. The summed E-state index contributed by atoms with van der Waals surface area (Å²) in [6.07, 6.45) is 0.334. The summed E-state index contributed by atoms with van der Waals surface area (Å²) in [7, 11) is -0.0430. The minimum absolute atomic E-state index is 0.399. The van der Waals surface area contributed by atoms with Gasteiger partial charge in [-0.1, -0.05) is 0 Å². The number of hydrogen-bond acceptors (Lipinski definition) is 5. The van der Waals surface area contributed by atoms with E-state index >= 15 is 0 Å². The van der Waals surface area contributed by atoms with Crippen molar-refractivity contribution in [3.63, 3.8) is 0 Å². The predicted molar refractivity (Wildman–Crippen MR) is 76.1 cm³/mol. The molecule has 0 unspecified atom stereocenters. The van der Waals surface area contributed by atoms with E-state index in [4.69, 9.17) is 19.1 Å². The summed E-state index contributed by atoms with van der Waals surface area (Å²) >= 11 is 0. The van der Waals surface area contributed by atoms with Gasteiger partial charge in [0.25, 0.3) is 0 Å². The Morgan fingerprint density at radius 3 is 2.15 bits per heavy atom. The third-order valence-corrected chi connectivity index (χ3v) is 5.13. The van der Waals surface area contributed by atoms with E-state index in [1.54, 1.807) is 11.9 Å². The number of carbonyl (C=O) groups is 2. The van der Waals surface area contributed by atoms with Crippen molar-refractivity contribution >= 4 is 21.2 Å². The first kappa shape index (κ1) is 19.0. The molecule has 2 N–H and O–H groups in total. The maximum Gasteiger partial charge on any atom is 0.321 e. The van der Waals surface area contributed by atoms with Crippen LogP contribution >= 0.6 is 0 Å². The van der Waals surface area contributed by atoms with Crippen molar-refractivity contribution in [3.05, 3.63) is 0 Å². The summed E-state index contributed by atoms with van der Waals surface area (Å²) in [5.74, 6) is -2.22. The van der Waals surface area contributed by atoms with Crippen LogP contribution in [0, 0.1) is 0 Å². The lowest BCUT2D eigenvalue weighted by Gasteiger charge is -2.24. The van der Waals surface area contributed by atoms with Gasteiger partial charge in [-0.25, -0.2) is 0 Å². The number of rotatable bonds is 12. The molecule has 0 saturated heterocycles. The van der Waals surface area contributed by atoms with Gasteiger partial charge in [-0.2, -0.15) is 0 Å². The van der Waals surface area contributed by atoms with Gasteiger partial charge in [0.05, 0.1) is 6.42 Å². The van der Waals surface area contributed by atoms with Crippen molar-refractivity contribution in [2.75, 3.05) is 26.8 Å². The van der Waals surface area contributed by atoms with Gasteiger partial charge in [0.15, 0.2) is 0 Å². The van der Waals surface area contributed by atoms with E-state index in [1.165, 1.54) is 0 Å². The fourth-order valence-electron chi connectivity index (χ4n) is 1.85. The van der Waals surface area contributed by atoms with Gasteiger partial charge < -0.3 is 19.1 Å². The molecule has 0 bridgehead atoms. The van der Waals surface area contributed by atoms with Crippen LogP contribution in [0.2, 0.25) is 6.04 Å². The molecule has 0 aliphatic rings. The Balaban J connectivity index is 4.19. The summed E-state index contributed by atoms with van der Waals surface area (Å²) in [5, 5.41) is 17.7. The number of nitrogens with zero attached hydrogens (tertiary/aromatic N) is 1. The van der Waals surface area contributed by atoms with Crippen LogP contribution in [0.1, 0.15) is 26.7 Å². The Morgan fingerprint density at radius 2 is 1.75 bits per heavy atom. The van der Waals surface area contributed by atoms with Crippen LogP contribution < -0.4 is 0 Å². The molecule has 0 aromatic carbocycles. The molecule has 0 fully saturated rings. The van der Waals surface area contributed by atoms with Gasteiger partial charge in [0, 0.05) is 13.2 Å². The number of likely N-dealkylation sites (N-methyl/N-ethyl adjacent to an activating group) is 1. The zero-order valence-electron chi connectivity index (χ0n) is 12.4. The van der Waals surface area contributed by atoms with Crippen molar-refractivity contribution in [2.24, 2.45) is 0 Å². The van der Waals surface area contributed by atoms with Gasteiger partial charge in [0.1, 0.15) is 6.04 Å². The molecule has 118 valence electrons. The molecule has 0 amide bonds. The molecule has 0 aliphatic carbocycles. The van der Waals surface area contributed by atoms with Gasteiger partial charge >= 0.3 is 21.2 Å². The zero-order valence-corrected chi connectivity index (χ0v) is 13.5. The van der Waals surface area contributed by atoms with Crippen LogP contribution in [0.3, 0.4) is 0 Å². The molecule has 0 aromatic heterocycles. The second kappa shape index (κ2) is 10.8. The van der Waals surface area contributed by atoms with Gasteiger partial charge in [-0.3, -0.25) is 14.5 Å². The maximum absolute atomic E-state index is 11.0. The van der Waals surface area contributed by atoms with E-state index in [0.29, 0.717) is 19.8 Å². The smallest absolute Gasteiger partial charge is 0.321 e. The van der Waals surface area contributed by atoms with Gasteiger partial charge in [-0.05, 0) is 39.9 Å². The monoisotopic (exact) mass is 307 g/mol. The van der Waals surface area contributed by atoms with E-state index in [0.717, 1.165) is 12.5 Å². The summed E-state index contributed by atoms with van der Waals surface area (Å²) in [6.45, 7) is 5.57. The lowest BCUT2D eigenvalue weighted by Crippen LogP contribution is -2.41. The van der Waals surface area contributed by atoms with Crippen molar-refractivity contribution < 1.29 is 28.7 Å². The first-order valence-electron chi connectivity index (χ1n) is 6.80. The first-order valence-corrected chi connectivity index (χ1v) is 8.56. The Hall–Kier alpha value is -0.963. The largest absolute Gasteiger partial charge is 0.481 e. The van der Waals surface area contributed by atoms with Crippen LogP contribution in [0.4, 0.5) is 0 Å². The van der Waals surface area contributed by atoms with E-state index in [2.05, 4.69) is 0 Å². The molecule has 7 nitrogen and oxygen atoms in total. The highest BCUT2D eigenvalue weighted by molar-refractivity contribution is 6.44. The van der Waals surface area contributed by atoms with Crippen molar-refractivity contribution in [1.82, 2.24) is 4.90 Å². The first-order chi connectivity index (χ1) is 9.42.